The van der Waals surface area contributed by atoms with Crippen LogP contribution in [-0.2, 0) is 11.3 Å². The first kappa shape index (κ1) is 16.2. The number of pyridine rings is 1. The number of aliphatic hydroxyl groups is 1. The van der Waals surface area contributed by atoms with E-state index in [1.165, 1.54) is 0 Å². The lowest BCUT2D eigenvalue weighted by Crippen LogP contribution is -2.31. The molecule has 3 rings (SSSR count). The van der Waals surface area contributed by atoms with Gasteiger partial charge >= 0.3 is 0 Å². The molecule has 2 N–H and O–H groups in total. The summed E-state index contributed by atoms with van der Waals surface area (Å²) in [6.45, 7) is 7.62. The Labute approximate surface area is 135 Å². The molecule has 0 saturated carbocycles. The minimum absolute atomic E-state index is 0.0692. The zero-order valence-corrected chi connectivity index (χ0v) is 13.8. The number of aromatic amines is 1. The lowest BCUT2D eigenvalue weighted by atomic mass is 10.0. The number of hydrogen-bond donors (Lipinski definition) is 2. The van der Waals surface area contributed by atoms with Crippen molar-refractivity contribution < 1.29 is 9.84 Å². The molecule has 0 radical (unpaired) electrons. The fourth-order valence-corrected chi connectivity index (χ4v) is 3.25. The molecule has 124 valence electrons. The molecule has 0 bridgehead atoms. The van der Waals surface area contributed by atoms with Gasteiger partial charge in [0.1, 0.15) is 0 Å². The summed E-state index contributed by atoms with van der Waals surface area (Å²) in [5, 5.41) is 10.2. The zero-order valence-electron chi connectivity index (χ0n) is 13.8. The highest BCUT2D eigenvalue weighted by Crippen LogP contribution is 2.18. The largest absolute Gasteiger partial charge is 0.396 e. The van der Waals surface area contributed by atoms with Gasteiger partial charge in [0.05, 0.1) is 18.7 Å². The number of rotatable bonds is 3. The summed E-state index contributed by atoms with van der Waals surface area (Å²) in [6, 6.07) is 5.73. The Balaban J connectivity index is 1.91. The third kappa shape index (κ3) is 3.47. The van der Waals surface area contributed by atoms with E-state index in [4.69, 9.17) is 4.74 Å². The van der Waals surface area contributed by atoms with Crippen LogP contribution in [0.3, 0.4) is 0 Å². The van der Waals surface area contributed by atoms with Crippen molar-refractivity contribution in [2.75, 3.05) is 32.9 Å². The Kier molecular flexibility index (Phi) is 4.80. The average Bonchev–Trinajstić information content (AvgIpc) is 2.76. The predicted molar refractivity (Wildman–Crippen MR) is 90.7 cm³/mol. The highest BCUT2D eigenvalue weighted by atomic mass is 16.5. The van der Waals surface area contributed by atoms with Gasteiger partial charge in [0.15, 0.2) is 5.43 Å². The predicted octanol–water partition coefficient (Wildman–Crippen LogP) is 1.59. The maximum atomic E-state index is 12.5. The van der Waals surface area contributed by atoms with Crippen LogP contribution >= 0.6 is 0 Å². The number of aryl methyl sites for hydroxylation is 2. The van der Waals surface area contributed by atoms with Gasteiger partial charge in [-0.2, -0.15) is 0 Å². The van der Waals surface area contributed by atoms with Gasteiger partial charge in [-0.25, -0.2) is 0 Å². The van der Waals surface area contributed by atoms with Crippen LogP contribution in [0.5, 0.6) is 0 Å². The maximum Gasteiger partial charge on any atom is 0.189 e. The smallest absolute Gasteiger partial charge is 0.189 e. The van der Waals surface area contributed by atoms with Crippen molar-refractivity contribution >= 4 is 10.9 Å². The van der Waals surface area contributed by atoms with Gasteiger partial charge in [-0.1, -0.05) is 12.1 Å². The molecule has 5 nitrogen and oxygen atoms in total. The molecule has 1 aliphatic rings. The van der Waals surface area contributed by atoms with Crippen molar-refractivity contribution in [3.63, 3.8) is 0 Å². The Morgan fingerprint density at radius 1 is 1.35 bits per heavy atom. The molecule has 1 aliphatic heterocycles. The van der Waals surface area contributed by atoms with Crippen molar-refractivity contribution in [2.45, 2.75) is 20.4 Å². The molecule has 1 fully saturated rings. The summed E-state index contributed by atoms with van der Waals surface area (Å²) < 4.78 is 5.52. The van der Waals surface area contributed by atoms with Gasteiger partial charge in [-0.15, -0.1) is 0 Å². The van der Waals surface area contributed by atoms with Crippen molar-refractivity contribution in [1.29, 1.82) is 0 Å². The Morgan fingerprint density at radius 2 is 2.13 bits per heavy atom. The number of benzene rings is 1. The van der Waals surface area contributed by atoms with Gasteiger partial charge in [0.2, 0.25) is 0 Å². The summed E-state index contributed by atoms with van der Waals surface area (Å²) in [7, 11) is 0. The average molecular weight is 316 g/mol. The quantitative estimate of drug-likeness (QED) is 0.902. The molecule has 23 heavy (non-hydrogen) atoms. The molecule has 1 saturated heterocycles. The molecule has 2 heterocycles. The third-order valence-electron chi connectivity index (χ3n) is 4.53. The van der Waals surface area contributed by atoms with Gasteiger partial charge in [-0.3, -0.25) is 9.69 Å². The molecule has 1 atom stereocenters. The van der Waals surface area contributed by atoms with Crippen LogP contribution in [0.25, 0.3) is 10.9 Å². The molecule has 0 aliphatic carbocycles. The second-order valence-corrected chi connectivity index (χ2v) is 6.47. The van der Waals surface area contributed by atoms with Crippen molar-refractivity contribution in [3.05, 3.63) is 45.2 Å². The van der Waals surface area contributed by atoms with Crippen LogP contribution in [0.2, 0.25) is 0 Å². The maximum absolute atomic E-state index is 12.5. The number of ether oxygens (including phenoxy) is 1. The number of fused-ring (bicyclic) bond motifs is 1. The molecular formula is C18H24N2O3. The molecule has 0 spiro atoms. The summed E-state index contributed by atoms with van der Waals surface area (Å²) in [5.74, 6) is 0.133. The van der Waals surface area contributed by atoms with E-state index in [2.05, 4.69) is 9.88 Å². The van der Waals surface area contributed by atoms with Crippen molar-refractivity contribution in [1.82, 2.24) is 9.88 Å². The topological polar surface area (TPSA) is 65.6 Å². The molecule has 0 unspecified atom stereocenters. The first-order valence-corrected chi connectivity index (χ1v) is 8.11. The van der Waals surface area contributed by atoms with Crippen molar-refractivity contribution in [2.24, 2.45) is 5.92 Å². The van der Waals surface area contributed by atoms with Crippen LogP contribution < -0.4 is 5.43 Å². The van der Waals surface area contributed by atoms with E-state index in [-0.39, 0.29) is 18.0 Å². The van der Waals surface area contributed by atoms with Crippen LogP contribution in [-0.4, -0.2) is 47.9 Å². The summed E-state index contributed by atoms with van der Waals surface area (Å²) in [5.41, 5.74) is 3.99. The fraction of sp³-hybridized carbons (Fsp3) is 0.500. The normalized spacial score (nSPS) is 19.9. The number of hydrogen-bond acceptors (Lipinski definition) is 4. The Morgan fingerprint density at radius 3 is 2.91 bits per heavy atom. The lowest BCUT2D eigenvalue weighted by molar-refractivity contribution is 0.0958. The second kappa shape index (κ2) is 6.83. The van der Waals surface area contributed by atoms with Gasteiger partial charge in [0.25, 0.3) is 0 Å². The minimum Gasteiger partial charge on any atom is -0.396 e. The van der Waals surface area contributed by atoms with Crippen LogP contribution in [0.15, 0.2) is 23.0 Å². The van der Waals surface area contributed by atoms with E-state index < -0.39 is 0 Å². The van der Waals surface area contributed by atoms with E-state index in [1.54, 1.807) is 6.07 Å². The molecule has 1 aromatic heterocycles. The monoisotopic (exact) mass is 316 g/mol. The first-order valence-electron chi connectivity index (χ1n) is 8.11. The number of aromatic nitrogens is 1. The van der Waals surface area contributed by atoms with Crippen LogP contribution in [0.1, 0.15) is 16.8 Å². The highest BCUT2D eigenvalue weighted by molar-refractivity contribution is 5.84. The van der Waals surface area contributed by atoms with E-state index in [1.807, 2.05) is 26.0 Å². The lowest BCUT2D eigenvalue weighted by Gasteiger charge is -2.22. The standard InChI is InChI=1S/C18H24N2O3/c1-12-3-4-13(2)18-17(12)16(22)7-15(19-18)9-20-5-6-23-11-14(8-20)10-21/h3-4,7,14,21H,5-6,8-11H2,1-2H3,(H,19,22)/t14-/m0/s1. The highest BCUT2D eigenvalue weighted by Gasteiger charge is 2.19. The minimum atomic E-state index is 0.0692. The number of nitrogens with zero attached hydrogens (tertiary/aromatic N) is 1. The fourth-order valence-electron chi connectivity index (χ4n) is 3.25. The number of aliphatic hydroxyl groups excluding tert-OH is 1. The first-order chi connectivity index (χ1) is 11.1. The summed E-state index contributed by atoms with van der Waals surface area (Å²) in [4.78, 5) is 18.2. The van der Waals surface area contributed by atoms with E-state index in [0.29, 0.717) is 19.8 Å². The molecule has 2 aromatic rings. The summed E-state index contributed by atoms with van der Waals surface area (Å²) >= 11 is 0. The van der Waals surface area contributed by atoms with E-state index in [9.17, 15) is 9.90 Å². The Hall–Kier alpha value is -1.69. The molecule has 1 aromatic carbocycles. The number of nitrogens with one attached hydrogen (secondary N) is 1. The third-order valence-corrected chi connectivity index (χ3v) is 4.53. The van der Waals surface area contributed by atoms with Crippen LogP contribution in [0, 0.1) is 19.8 Å². The van der Waals surface area contributed by atoms with E-state index >= 15 is 0 Å². The zero-order chi connectivity index (χ0) is 16.4. The van der Waals surface area contributed by atoms with Gasteiger partial charge in [0, 0.05) is 49.3 Å². The number of H-pyrrole nitrogens is 1. The molecule has 5 heteroatoms. The van der Waals surface area contributed by atoms with Gasteiger partial charge in [-0.05, 0) is 25.0 Å². The van der Waals surface area contributed by atoms with Crippen molar-refractivity contribution in [3.8, 4) is 0 Å². The molecular weight excluding hydrogens is 292 g/mol. The summed E-state index contributed by atoms with van der Waals surface area (Å²) in [6.07, 6.45) is 0. The Bertz CT molecular complexity index is 754. The second-order valence-electron chi connectivity index (χ2n) is 6.47. The van der Waals surface area contributed by atoms with Crippen LogP contribution in [0.4, 0.5) is 0 Å². The van der Waals surface area contributed by atoms with E-state index in [0.717, 1.165) is 40.8 Å². The SMILES string of the molecule is Cc1ccc(C)c2c(=O)cc(CN3CCOC[C@H](CO)C3)[nH]c12. The van der Waals surface area contributed by atoms with Gasteiger partial charge < -0.3 is 14.8 Å². The molecule has 0 amide bonds.